The smallest absolute Gasteiger partial charge is 0.231 e. The van der Waals surface area contributed by atoms with Crippen molar-refractivity contribution in [2.75, 3.05) is 5.73 Å². The number of hydrogen-bond acceptors (Lipinski definition) is 4. The highest BCUT2D eigenvalue weighted by atomic mass is 16.5. The minimum Gasteiger partial charge on any atom is -0.367 e. The number of nitrogen functional groups attached to an aromatic ring is 1. The molecule has 2 heterocycles. The Kier molecular flexibility index (Phi) is 6.25. The number of aromatic nitrogens is 2. The molecule has 2 N–H and O–H groups in total. The number of unbranched alkanes of at least 4 members (excludes halogenated alkanes) is 6. The average Bonchev–Trinajstić information content (AvgIpc) is 2.88. The van der Waals surface area contributed by atoms with Crippen LogP contribution < -0.4 is 5.73 Å². The molecule has 21 heavy (non-hydrogen) atoms. The van der Waals surface area contributed by atoms with Gasteiger partial charge in [-0.05, 0) is 25.0 Å². The number of anilines is 1. The number of aryl methyl sites for hydroxylation is 1. The summed E-state index contributed by atoms with van der Waals surface area (Å²) in [6.45, 7) is 2.24. The van der Waals surface area contributed by atoms with Crippen LogP contribution in [0, 0.1) is 0 Å². The fraction of sp³-hybridized carbons (Fsp3) is 0.529. The summed E-state index contributed by atoms with van der Waals surface area (Å²) >= 11 is 0. The number of nitrogens with two attached hydrogens (primary N) is 1. The van der Waals surface area contributed by atoms with E-state index in [4.69, 9.17) is 10.3 Å². The maximum Gasteiger partial charge on any atom is 0.231 e. The van der Waals surface area contributed by atoms with E-state index in [2.05, 4.69) is 17.1 Å². The van der Waals surface area contributed by atoms with Crippen LogP contribution in [0.25, 0.3) is 11.3 Å². The van der Waals surface area contributed by atoms with Crippen LogP contribution in [0.4, 0.5) is 5.88 Å². The first-order valence-electron chi connectivity index (χ1n) is 7.98. The Morgan fingerprint density at radius 2 is 1.81 bits per heavy atom. The Morgan fingerprint density at radius 3 is 2.52 bits per heavy atom. The van der Waals surface area contributed by atoms with Gasteiger partial charge in [-0.3, -0.25) is 4.98 Å². The molecule has 0 aliphatic heterocycles. The van der Waals surface area contributed by atoms with Crippen molar-refractivity contribution in [1.82, 2.24) is 10.1 Å². The molecule has 2 aromatic rings. The van der Waals surface area contributed by atoms with Crippen LogP contribution >= 0.6 is 0 Å². The molecule has 2 rings (SSSR count). The van der Waals surface area contributed by atoms with Crippen molar-refractivity contribution in [2.45, 2.75) is 58.3 Å². The fourth-order valence-electron chi connectivity index (χ4n) is 2.54. The highest BCUT2D eigenvalue weighted by Gasteiger charge is 2.16. The first-order valence-corrected chi connectivity index (χ1v) is 7.98. The highest BCUT2D eigenvalue weighted by molar-refractivity contribution is 5.71. The van der Waals surface area contributed by atoms with Gasteiger partial charge in [0.1, 0.15) is 0 Å². The van der Waals surface area contributed by atoms with Crippen molar-refractivity contribution in [3.63, 3.8) is 0 Å². The monoisotopic (exact) mass is 287 g/mol. The van der Waals surface area contributed by atoms with Crippen molar-refractivity contribution in [2.24, 2.45) is 0 Å². The topological polar surface area (TPSA) is 64.9 Å². The normalized spacial score (nSPS) is 10.9. The van der Waals surface area contributed by atoms with E-state index >= 15 is 0 Å². The molecular weight excluding hydrogens is 262 g/mol. The van der Waals surface area contributed by atoms with E-state index < -0.39 is 0 Å². The second-order valence-electron chi connectivity index (χ2n) is 5.45. The zero-order valence-electron chi connectivity index (χ0n) is 12.8. The zero-order valence-corrected chi connectivity index (χ0v) is 12.8. The van der Waals surface area contributed by atoms with Gasteiger partial charge >= 0.3 is 0 Å². The lowest BCUT2D eigenvalue weighted by atomic mass is 10.0. The molecule has 0 unspecified atom stereocenters. The van der Waals surface area contributed by atoms with E-state index in [1.165, 1.54) is 38.5 Å². The maximum absolute atomic E-state index is 5.89. The quantitative estimate of drug-likeness (QED) is 0.684. The number of rotatable bonds is 9. The molecular formula is C17H25N3O. The fourth-order valence-corrected chi connectivity index (χ4v) is 2.54. The Balaban J connectivity index is 1.84. The minimum atomic E-state index is 0.367. The van der Waals surface area contributed by atoms with Gasteiger partial charge in [0, 0.05) is 6.20 Å². The van der Waals surface area contributed by atoms with Crippen LogP contribution in [0.15, 0.2) is 28.9 Å². The van der Waals surface area contributed by atoms with Crippen molar-refractivity contribution < 1.29 is 4.52 Å². The molecule has 0 fully saturated rings. The lowest BCUT2D eigenvalue weighted by Crippen LogP contribution is -1.93. The molecule has 0 bridgehead atoms. The Bertz CT molecular complexity index is 522. The summed E-state index contributed by atoms with van der Waals surface area (Å²) in [6, 6.07) is 5.78. The molecule has 0 amide bonds. The van der Waals surface area contributed by atoms with Crippen molar-refractivity contribution in [3.05, 3.63) is 30.1 Å². The average molecular weight is 287 g/mol. The number of pyridine rings is 1. The number of nitrogens with zero attached hydrogens (tertiary/aromatic N) is 2. The van der Waals surface area contributed by atoms with Gasteiger partial charge in [0.15, 0.2) is 0 Å². The van der Waals surface area contributed by atoms with Gasteiger partial charge in [0.05, 0.1) is 17.0 Å². The SMILES string of the molecule is CCCCCCCCCc1noc(N)c1-c1ccccn1. The van der Waals surface area contributed by atoms with Gasteiger partial charge in [0.2, 0.25) is 5.88 Å². The number of hydrogen-bond donors (Lipinski definition) is 1. The van der Waals surface area contributed by atoms with Crippen molar-refractivity contribution >= 4 is 5.88 Å². The van der Waals surface area contributed by atoms with Crippen molar-refractivity contribution in [3.8, 4) is 11.3 Å². The van der Waals surface area contributed by atoms with Crippen LogP contribution in [0.5, 0.6) is 0 Å². The molecule has 0 saturated carbocycles. The Labute approximate surface area is 126 Å². The van der Waals surface area contributed by atoms with E-state index in [9.17, 15) is 0 Å². The summed E-state index contributed by atoms with van der Waals surface area (Å²) in [5.74, 6) is 0.367. The second kappa shape index (κ2) is 8.45. The van der Waals surface area contributed by atoms with Gasteiger partial charge in [-0.25, -0.2) is 0 Å². The Hall–Kier alpha value is -1.84. The van der Waals surface area contributed by atoms with Gasteiger partial charge in [-0.2, -0.15) is 0 Å². The van der Waals surface area contributed by atoms with E-state index in [-0.39, 0.29) is 0 Å². The summed E-state index contributed by atoms with van der Waals surface area (Å²) < 4.78 is 5.15. The molecule has 0 spiro atoms. The minimum absolute atomic E-state index is 0.367. The second-order valence-corrected chi connectivity index (χ2v) is 5.45. The summed E-state index contributed by atoms with van der Waals surface area (Å²) in [5, 5.41) is 4.10. The summed E-state index contributed by atoms with van der Waals surface area (Å²) in [5.41, 5.74) is 8.52. The molecule has 0 aromatic carbocycles. The molecule has 0 atom stereocenters. The first kappa shape index (κ1) is 15.5. The lowest BCUT2D eigenvalue weighted by molar-refractivity contribution is 0.425. The van der Waals surface area contributed by atoms with Crippen LogP contribution in [0.3, 0.4) is 0 Å². The molecule has 0 radical (unpaired) electrons. The van der Waals surface area contributed by atoms with E-state index in [0.717, 1.165) is 29.8 Å². The maximum atomic E-state index is 5.89. The van der Waals surface area contributed by atoms with Crippen LogP contribution in [0.1, 0.15) is 57.6 Å². The van der Waals surface area contributed by atoms with E-state index in [0.29, 0.717) is 5.88 Å². The summed E-state index contributed by atoms with van der Waals surface area (Å²) in [4.78, 5) is 4.34. The Morgan fingerprint density at radius 1 is 1.05 bits per heavy atom. The molecule has 0 aliphatic carbocycles. The molecule has 2 aromatic heterocycles. The molecule has 0 aliphatic rings. The third-order valence-electron chi connectivity index (χ3n) is 3.73. The molecule has 0 saturated heterocycles. The largest absolute Gasteiger partial charge is 0.367 e. The van der Waals surface area contributed by atoms with Gasteiger partial charge in [-0.1, -0.05) is 56.7 Å². The molecule has 4 nitrogen and oxygen atoms in total. The van der Waals surface area contributed by atoms with E-state index in [1.807, 2.05) is 18.2 Å². The summed E-state index contributed by atoms with van der Waals surface area (Å²) in [6.07, 6.45) is 11.7. The first-order chi connectivity index (χ1) is 10.3. The molecule has 4 heteroatoms. The lowest BCUT2D eigenvalue weighted by Gasteiger charge is -2.02. The van der Waals surface area contributed by atoms with Crippen LogP contribution in [0.2, 0.25) is 0 Å². The third-order valence-corrected chi connectivity index (χ3v) is 3.73. The standard InChI is InChI=1S/C17H25N3O/c1-2-3-4-5-6-7-8-12-15-16(17(18)21-20-15)14-11-9-10-13-19-14/h9-11,13H,2-8,12,18H2,1H3. The molecule has 114 valence electrons. The van der Waals surface area contributed by atoms with Gasteiger partial charge in [-0.15, -0.1) is 0 Å². The van der Waals surface area contributed by atoms with E-state index in [1.54, 1.807) is 6.20 Å². The van der Waals surface area contributed by atoms with Crippen molar-refractivity contribution in [1.29, 1.82) is 0 Å². The highest BCUT2D eigenvalue weighted by Crippen LogP contribution is 2.29. The van der Waals surface area contributed by atoms with Crippen LogP contribution in [-0.2, 0) is 6.42 Å². The predicted molar refractivity (Wildman–Crippen MR) is 85.8 cm³/mol. The van der Waals surface area contributed by atoms with Gasteiger partial charge in [0.25, 0.3) is 0 Å². The predicted octanol–water partition coefficient (Wildman–Crippen LogP) is 4.61. The third kappa shape index (κ3) is 4.59. The summed E-state index contributed by atoms with van der Waals surface area (Å²) in [7, 11) is 0. The zero-order chi connectivity index (χ0) is 14.9. The van der Waals surface area contributed by atoms with Gasteiger partial charge < -0.3 is 10.3 Å². The van der Waals surface area contributed by atoms with Crippen LogP contribution in [-0.4, -0.2) is 10.1 Å².